The number of carbonyl (C=O) groups is 1. The van der Waals surface area contributed by atoms with Crippen LogP contribution in [-0.2, 0) is 0 Å². The number of nitrogens with zero attached hydrogens (tertiary/aromatic N) is 3. The third-order valence-corrected chi connectivity index (χ3v) is 3.44. The van der Waals surface area contributed by atoms with Crippen LogP contribution in [0.4, 0.5) is 20.3 Å². The molecule has 0 unspecified atom stereocenters. The lowest BCUT2D eigenvalue weighted by molar-refractivity contribution is 0.0947. The highest BCUT2D eigenvalue weighted by molar-refractivity contribution is 5.94. The zero-order valence-corrected chi connectivity index (χ0v) is 13.6. The standard InChI is InChI=1S/C18H15F2N5O/c19-6-9-23-18(26)14-4-3-13(10-15(14)20)24-16-5-8-22-17(25-16)12-2-1-7-21-11-12/h1-5,7-8,10-11H,6,9H2,(H,23,26)(H,22,24,25). The lowest BCUT2D eigenvalue weighted by Gasteiger charge is -2.09. The first-order valence-corrected chi connectivity index (χ1v) is 7.81. The third-order valence-electron chi connectivity index (χ3n) is 3.44. The number of carbonyl (C=O) groups excluding carboxylic acids is 1. The van der Waals surface area contributed by atoms with Gasteiger partial charge in [0.05, 0.1) is 5.56 Å². The summed E-state index contributed by atoms with van der Waals surface area (Å²) >= 11 is 0. The van der Waals surface area contributed by atoms with Gasteiger partial charge in [0.1, 0.15) is 18.3 Å². The lowest BCUT2D eigenvalue weighted by Crippen LogP contribution is -2.26. The van der Waals surface area contributed by atoms with Crippen molar-refractivity contribution in [1.29, 1.82) is 0 Å². The summed E-state index contributed by atoms with van der Waals surface area (Å²) in [5, 5.41) is 5.24. The lowest BCUT2D eigenvalue weighted by atomic mass is 10.1. The highest BCUT2D eigenvalue weighted by atomic mass is 19.1. The van der Waals surface area contributed by atoms with Gasteiger partial charge in [0.25, 0.3) is 5.91 Å². The van der Waals surface area contributed by atoms with Crippen molar-refractivity contribution in [1.82, 2.24) is 20.3 Å². The molecule has 0 aliphatic carbocycles. The molecule has 26 heavy (non-hydrogen) atoms. The first-order valence-electron chi connectivity index (χ1n) is 7.81. The van der Waals surface area contributed by atoms with Crippen LogP contribution in [0.25, 0.3) is 11.4 Å². The van der Waals surface area contributed by atoms with Crippen LogP contribution in [0, 0.1) is 5.82 Å². The summed E-state index contributed by atoms with van der Waals surface area (Å²) < 4.78 is 26.2. The van der Waals surface area contributed by atoms with Crippen LogP contribution in [0.3, 0.4) is 0 Å². The van der Waals surface area contributed by atoms with Crippen molar-refractivity contribution in [3.05, 3.63) is 66.4 Å². The number of alkyl halides is 1. The van der Waals surface area contributed by atoms with Gasteiger partial charge in [-0.3, -0.25) is 9.78 Å². The molecule has 0 spiro atoms. The zero-order chi connectivity index (χ0) is 18.4. The molecule has 6 nitrogen and oxygen atoms in total. The quantitative estimate of drug-likeness (QED) is 0.710. The number of pyridine rings is 1. The van der Waals surface area contributed by atoms with E-state index in [1.165, 1.54) is 12.1 Å². The Balaban J connectivity index is 1.77. The molecule has 0 aliphatic rings. The van der Waals surface area contributed by atoms with E-state index >= 15 is 0 Å². The highest BCUT2D eigenvalue weighted by Crippen LogP contribution is 2.20. The summed E-state index contributed by atoms with van der Waals surface area (Å²) in [6, 6.07) is 9.29. The van der Waals surface area contributed by atoms with Crippen LogP contribution < -0.4 is 10.6 Å². The number of amides is 1. The van der Waals surface area contributed by atoms with E-state index in [2.05, 4.69) is 25.6 Å². The summed E-state index contributed by atoms with van der Waals surface area (Å²) in [7, 11) is 0. The Hall–Kier alpha value is -3.42. The Morgan fingerprint density at radius 1 is 1.15 bits per heavy atom. The van der Waals surface area contributed by atoms with Crippen molar-refractivity contribution < 1.29 is 13.6 Å². The second kappa shape index (κ2) is 8.11. The number of benzene rings is 1. The monoisotopic (exact) mass is 355 g/mol. The molecule has 0 atom stereocenters. The number of hydrogen-bond donors (Lipinski definition) is 2. The third kappa shape index (κ3) is 4.15. The van der Waals surface area contributed by atoms with Gasteiger partial charge in [0.15, 0.2) is 5.82 Å². The van der Waals surface area contributed by atoms with Crippen LogP contribution >= 0.6 is 0 Å². The van der Waals surface area contributed by atoms with E-state index in [1.807, 2.05) is 6.07 Å². The Kier molecular flexibility index (Phi) is 5.43. The molecule has 0 aliphatic heterocycles. The average molecular weight is 355 g/mol. The van der Waals surface area contributed by atoms with Gasteiger partial charge >= 0.3 is 0 Å². The second-order valence-electron chi connectivity index (χ2n) is 5.27. The van der Waals surface area contributed by atoms with Crippen LogP contribution in [-0.4, -0.2) is 34.1 Å². The Bertz CT molecular complexity index is 905. The van der Waals surface area contributed by atoms with Gasteiger partial charge in [0.2, 0.25) is 0 Å². The molecule has 3 rings (SSSR count). The molecule has 1 aromatic carbocycles. The number of nitrogens with one attached hydrogen (secondary N) is 2. The van der Waals surface area contributed by atoms with E-state index in [1.54, 1.807) is 36.8 Å². The van der Waals surface area contributed by atoms with Crippen molar-refractivity contribution >= 4 is 17.4 Å². The van der Waals surface area contributed by atoms with Crippen LogP contribution in [0.1, 0.15) is 10.4 Å². The molecule has 0 bridgehead atoms. The maximum atomic E-state index is 14.1. The Labute approximate surface area is 148 Å². The fourth-order valence-corrected chi connectivity index (χ4v) is 2.24. The maximum Gasteiger partial charge on any atom is 0.254 e. The summed E-state index contributed by atoms with van der Waals surface area (Å²) in [5.74, 6) is -0.431. The molecule has 0 saturated heterocycles. The highest BCUT2D eigenvalue weighted by Gasteiger charge is 2.12. The number of aromatic nitrogens is 3. The number of halogens is 2. The summed E-state index contributed by atoms with van der Waals surface area (Å²) in [6.45, 7) is -0.865. The van der Waals surface area contributed by atoms with Crippen LogP contribution in [0.5, 0.6) is 0 Å². The Morgan fingerprint density at radius 3 is 2.77 bits per heavy atom. The first-order chi connectivity index (χ1) is 12.7. The van der Waals surface area contributed by atoms with Crippen molar-refractivity contribution in [2.24, 2.45) is 0 Å². The van der Waals surface area contributed by atoms with Gasteiger partial charge in [-0.1, -0.05) is 0 Å². The summed E-state index contributed by atoms with van der Waals surface area (Å²) in [4.78, 5) is 24.3. The van der Waals surface area contributed by atoms with Crippen molar-refractivity contribution in [2.45, 2.75) is 0 Å². The molecule has 3 aromatic rings. The molecule has 132 valence electrons. The van der Waals surface area contributed by atoms with Crippen molar-refractivity contribution in [3.8, 4) is 11.4 Å². The van der Waals surface area contributed by atoms with E-state index in [9.17, 15) is 13.6 Å². The minimum Gasteiger partial charge on any atom is -0.349 e. The predicted molar refractivity (Wildman–Crippen MR) is 93.3 cm³/mol. The van der Waals surface area contributed by atoms with Gasteiger partial charge in [-0.25, -0.2) is 18.7 Å². The Morgan fingerprint density at radius 2 is 2.04 bits per heavy atom. The summed E-state index contributed by atoms with van der Waals surface area (Å²) in [6.07, 6.45) is 4.87. The van der Waals surface area contributed by atoms with E-state index in [-0.39, 0.29) is 12.1 Å². The number of rotatable bonds is 6. The molecule has 2 aromatic heterocycles. The largest absolute Gasteiger partial charge is 0.349 e. The fourth-order valence-electron chi connectivity index (χ4n) is 2.24. The number of hydrogen-bond acceptors (Lipinski definition) is 5. The van der Waals surface area contributed by atoms with Gasteiger partial charge in [-0.15, -0.1) is 0 Å². The van der Waals surface area contributed by atoms with E-state index in [4.69, 9.17) is 0 Å². The number of anilines is 2. The maximum absolute atomic E-state index is 14.1. The summed E-state index contributed by atoms with van der Waals surface area (Å²) in [5.41, 5.74) is 1.02. The SMILES string of the molecule is O=C(NCCF)c1ccc(Nc2ccnc(-c3cccnc3)n2)cc1F. The second-order valence-corrected chi connectivity index (χ2v) is 5.27. The molecular weight excluding hydrogens is 340 g/mol. The van der Waals surface area contributed by atoms with Gasteiger partial charge < -0.3 is 10.6 Å². The van der Waals surface area contributed by atoms with Gasteiger partial charge in [-0.05, 0) is 36.4 Å². The first kappa shape index (κ1) is 17.4. The minimum atomic E-state index is -0.715. The molecular formula is C18H15F2N5O. The normalized spacial score (nSPS) is 10.4. The minimum absolute atomic E-state index is 0.150. The molecule has 0 fully saturated rings. The van der Waals surface area contributed by atoms with Gasteiger partial charge in [-0.2, -0.15) is 0 Å². The molecule has 2 N–H and O–H groups in total. The average Bonchev–Trinajstić information content (AvgIpc) is 2.67. The van der Waals surface area contributed by atoms with E-state index in [0.717, 1.165) is 5.56 Å². The predicted octanol–water partition coefficient (Wildman–Crippen LogP) is 3.12. The topological polar surface area (TPSA) is 79.8 Å². The van der Waals surface area contributed by atoms with Crippen LogP contribution in [0.15, 0.2) is 55.0 Å². The molecule has 8 heteroatoms. The molecule has 2 heterocycles. The zero-order valence-electron chi connectivity index (χ0n) is 13.6. The molecule has 0 radical (unpaired) electrons. The van der Waals surface area contributed by atoms with E-state index in [0.29, 0.717) is 17.3 Å². The van der Waals surface area contributed by atoms with Gasteiger partial charge in [0, 0.05) is 36.4 Å². The molecule has 1 amide bonds. The smallest absolute Gasteiger partial charge is 0.254 e. The fraction of sp³-hybridized carbons (Fsp3) is 0.111. The van der Waals surface area contributed by atoms with Crippen molar-refractivity contribution in [3.63, 3.8) is 0 Å². The van der Waals surface area contributed by atoms with E-state index < -0.39 is 18.4 Å². The van der Waals surface area contributed by atoms with Crippen LogP contribution in [0.2, 0.25) is 0 Å². The molecule has 0 saturated carbocycles. The van der Waals surface area contributed by atoms with Crippen molar-refractivity contribution in [2.75, 3.05) is 18.5 Å².